The number of benzene rings is 22. The van der Waals surface area contributed by atoms with Crippen molar-refractivity contribution >= 4 is 130 Å². The molecule has 4 heterocycles. The fourth-order valence-corrected chi connectivity index (χ4v) is 22.5. The number of hydrogen-bond donors (Lipinski definition) is 0. The van der Waals surface area contributed by atoms with Crippen LogP contribution in [0.15, 0.2) is 449 Å². The van der Waals surface area contributed by atoms with Gasteiger partial charge in [-0.05, 0) is 276 Å². The lowest BCUT2D eigenvalue weighted by Crippen LogP contribution is -1.96. The van der Waals surface area contributed by atoms with Crippen LogP contribution in [0.3, 0.4) is 0 Å². The van der Waals surface area contributed by atoms with Gasteiger partial charge in [-0.3, -0.25) is 0 Å². The van der Waals surface area contributed by atoms with E-state index in [0.717, 1.165) is 61.6 Å². The molecule has 0 N–H and O–H groups in total. The molecule has 0 fully saturated rings. The summed E-state index contributed by atoms with van der Waals surface area (Å²) in [5.41, 5.74) is 40.5. The van der Waals surface area contributed by atoms with E-state index in [9.17, 15) is 0 Å². The van der Waals surface area contributed by atoms with Crippen molar-refractivity contribution in [3.05, 3.63) is 449 Å². The minimum Gasteiger partial charge on any atom is -0.309 e. The molecule has 0 radical (unpaired) electrons. The molecule has 2 aliphatic rings. The van der Waals surface area contributed by atoms with E-state index in [1.165, 1.54) is 214 Å². The van der Waals surface area contributed by atoms with Gasteiger partial charge in [0.15, 0.2) is 0 Å². The normalized spacial score (nSPS) is 12.2. The molecule has 4 aromatic heterocycles. The molecule has 0 saturated carbocycles. The molecule has 0 amide bonds. The number of para-hydroxylation sites is 4. The zero-order valence-corrected chi connectivity index (χ0v) is 69.5. The molecule has 0 saturated heterocycles. The zero-order chi connectivity index (χ0) is 83.5. The second-order valence-corrected chi connectivity index (χ2v) is 34.9. The van der Waals surface area contributed by atoms with Crippen LogP contribution in [0.4, 0.5) is 0 Å². The molecule has 0 atom stereocenters. The first-order chi connectivity index (χ1) is 63.5. The highest BCUT2D eigenvalue weighted by Crippen LogP contribution is 2.55. The van der Waals surface area contributed by atoms with E-state index in [1.807, 2.05) is 0 Å². The number of aromatic nitrogens is 4. The van der Waals surface area contributed by atoms with Crippen molar-refractivity contribution in [2.45, 2.75) is 0 Å². The molecule has 128 heavy (non-hydrogen) atoms. The fourth-order valence-electron chi connectivity index (χ4n) is 22.5. The fraction of sp³-hybridized carbons (Fsp3) is 0. The summed E-state index contributed by atoms with van der Waals surface area (Å²) in [4.78, 5) is 0. The summed E-state index contributed by atoms with van der Waals surface area (Å²) in [7, 11) is 0. The second kappa shape index (κ2) is 27.3. The van der Waals surface area contributed by atoms with Gasteiger partial charge in [-0.2, -0.15) is 0 Å². The van der Waals surface area contributed by atoms with Crippen LogP contribution in [0.5, 0.6) is 0 Å². The van der Waals surface area contributed by atoms with Gasteiger partial charge >= 0.3 is 0 Å². The van der Waals surface area contributed by atoms with Gasteiger partial charge in [0.1, 0.15) is 0 Å². The van der Waals surface area contributed by atoms with E-state index < -0.39 is 0 Å². The van der Waals surface area contributed by atoms with Gasteiger partial charge in [-0.25, -0.2) is 0 Å². The summed E-state index contributed by atoms with van der Waals surface area (Å²) in [5, 5.41) is 19.8. The molecule has 26 aromatic rings. The predicted molar refractivity (Wildman–Crippen MR) is 541 cm³/mol. The van der Waals surface area contributed by atoms with E-state index in [2.05, 4.69) is 467 Å². The number of rotatable bonds is 11. The molecule has 0 bridgehead atoms. The van der Waals surface area contributed by atoms with Gasteiger partial charge in [-0.15, -0.1) is 0 Å². The van der Waals surface area contributed by atoms with Crippen molar-refractivity contribution in [3.8, 4) is 145 Å². The highest BCUT2D eigenvalue weighted by Gasteiger charge is 2.30. The number of nitrogens with zero attached hydrogens (tertiary/aromatic N) is 4. The minimum absolute atomic E-state index is 1.09. The summed E-state index contributed by atoms with van der Waals surface area (Å²) in [6.45, 7) is 0. The number of fused-ring (bicyclic) bond motifs is 22. The van der Waals surface area contributed by atoms with Crippen LogP contribution in [-0.4, -0.2) is 18.3 Å². The maximum Gasteiger partial charge on any atom is 0.0619 e. The molecule has 0 spiro atoms. The third kappa shape index (κ3) is 10.4. The van der Waals surface area contributed by atoms with Crippen molar-refractivity contribution in [2.75, 3.05) is 0 Å². The summed E-state index contributed by atoms with van der Waals surface area (Å²) >= 11 is 0. The van der Waals surface area contributed by atoms with E-state index in [4.69, 9.17) is 0 Å². The highest BCUT2D eigenvalue weighted by atomic mass is 15.0. The minimum atomic E-state index is 1.09. The van der Waals surface area contributed by atoms with E-state index in [1.54, 1.807) is 0 Å². The Labute approximate surface area is 737 Å². The molecule has 2 aliphatic carbocycles. The topological polar surface area (TPSA) is 19.7 Å². The van der Waals surface area contributed by atoms with Crippen molar-refractivity contribution in [3.63, 3.8) is 0 Å². The van der Waals surface area contributed by atoms with Crippen LogP contribution in [0.25, 0.3) is 275 Å². The maximum atomic E-state index is 2.58. The Kier molecular flexibility index (Phi) is 15.1. The molecule has 22 aromatic carbocycles. The molecule has 28 rings (SSSR count). The predicted octanol–water partition coefficient (Wildman–Crippen LogP) is 33.7. The zero-order valence-electron chi connectivity index (χ0n) is 69.5. The quantitative estimate of drug-likeness (QED) is 0.123. The maximum absolute atomic E-state index is 2.58. The van der Waals surface area contributed by atoms with Crippen LogP contribution in [0, 0.1) is 0 Å². The van der Waals surface area contributed by atoms with E-state index in [-0.39, 0.29) is 0 Å². The van der Waals surface area contributed by atoms with Crippen molar-refractivity contribution < 1.29 is 0 Å². The van der Waals surface area contributed by atoms with Gasteiger partial charge < -0.3 is 18.3 Å². The van der Waals surface area contributed by atoms with Crippen LogP contribution in [-0.2, 0) is 0 Å². The molecule has 4 nitrogen and oxygen atoms in total. The lowest BCUT2D eigenvalue weighted by Gasteiger charge is -2.15. The summed E-state index contributed by atoms with van der Waals surface area (Å²) in [5.74, 6) is 0. The van der Waals surface area contributed by atoms with Crippen LogP contribution >= 0.6 is 0 Å². The SMILES string of the molecule is c1ccc(-n2c3ccccc3c3ccc(-c4cc(-c5cc6c7c(cccc7c5)-c5cc(-c7ccccc7-c7cccc(-n8c9ccccc9c9ccc(-c%10ccc%11c(c%10)c%10ccc%12ccccc%12c%10n%11-c%10ccccc%10)cc98)c7)ccc5-6)c5c6ccc7ccccc7c6n(-c6ccc(-c7ccccc7-c7ccc8c(c7)-c7cccc9cccc-8c79)cc6)c5c4)cc32)cc1. The van der Waals surface area contributed by atoms with Crippen LogP contribution in [0.2, 0.25) is 0 Å². The molecule has 4 heteroatoms. The average molecular weight is 1620 g/mol. The monoisotopic (exact) mass is 1620 g/mol. The lowest BCUT2D eigenvalue weighted by molar-refractivity contribution is 1.18. The van der Waals surface area contributed by atoms with Crippen molar-refractivity contribution in [2.24, 2.45) is 0 Å². The lowest BCUT2D eigenvalue weighted by atomic mass is 9.90. The second-order valence-electron chi connectivity index (χ2n) is 34.9. The molecular formula is C124H74N4. The number of hydrogen-bond acceptors (Lipinski definition) is 0. The molecule has 0 aliphatic heterocycles. The molecular weight excluding hydrogens is 1550 g/mol. The van der Waals surface area contributed by atoms with Gasteiger partial charge in [0.25, 0.3) is 0 Å². The average Bonchev–Trinajstić information content (AvgIpc) is 1.55. The van der Waals surface area contributed by atoms with Crippen molar-refractivity contribution in [1.29, 1.82) is 0 Å². The highest BCUT2D eigenvalue weighted by molar-refractivity contribution is 6.26. The Morgan fingerprint density at radius 2 is 0.500 bits per heavy atom. The largest absolute Gasteiger partial charge is 0.309 e. The first-order valence-corrected chi connectivity index (χ1v) is 44.4. The summed E-state index contributed by atoms with van der Waals surface area (Å²) in [6.07, 6.45) is 0. The van der Waals surface area contributed by atoms with Crippen molar-refractivity contribution in [1.82, 2.24) is 18.3 Å². The van der Waals surface area contributed by atoms with E-state index in [0.29, 0.717) is 0 Å². The smallest absolute Gasteiger partial charge is 0.0619 e. The van der Waals surface area contributed by atoms with Gasteiger partial charge in [-0.1, -0.05) is 328 Å². The third-order valence-electron chi connectivity index (χ3n) is 28.2. The Bertz CT molecular complexity index is 9300. The third-order valence-corrected chi connectivity index (χ3v) is 28.2. The van der Waals surface area contributed by atoms with Crippen LogP contribution < -0.4 is 0 Å². The molecule has 0 unspecified atom stereocenters. The Morgan fingerprint density at radius 3 is 1.13 bits per heavy atom. The van der Waals surface area contributed by atoms with Gasteiger partial charge in [0.2, 0.25) is 0 Å². The first-order valence-electron chi connectivity index (χ1n) is 44.4. The van der Waals surface area contributed by atoms with Gasteiger partial charge in [0.05, 0.1) is 44.1 Å². The van der Waals surface area contributed by atoms with Gasteiger partial charge in [0, 0.05) is 76.6 Å². The Morgan fingerprint density at radius 1 is 0.117 bits per heavy atom. The van der Waals surface area contributed by atoms with E-state index >= 15 is 0 Å². The first kappa shape index (κ1) is 70.6. The Balaban J connectivity index is 0.581. The summed E-state index contributed by atoms with van der Waals surface area (Å²) in [6, 6.07) is 169. The summed E-state index contributed by atoms with van der Waals surface area (Å²) < 4.78 is 9.95. The van der Waals surface area contributed by atoms with Crippen LogP contribution in [0.1, 0.15) is 0 Å². The molecule has 590 valence electrons. The standard InChI is InChI=1S/C124H74N4/c1-3-29-88(30-4-1)125-114-45-17-15-40-100(114)102-61-52-81(73-117(102)125)86-70-109(122-108-63-50-76-24-8-10-39-97(76)124(108)128(119(122)74-86)90-56-47-77(48-57-90)92-34-11-12-36-94(92)83-53-58-98-104-42-20-25-78-26-21-43-105(120(78)104)110(98)68-83)87-65-85-28-22-44-106-111-69-84(54-59-99(111)113(71-87)121(85)106)95-37-14-13-35-93(95)82-27-19-33-91(66-82)126-115-46-18-16-41-101(115)103-60-51-80(72-118(103)126)79-55-64-116-112(67-79)107-62-49-75-23-7-9-38-96(75)123(107)127(116)89-31-5-2-6-32-89/h1-74H. The Hall–Kier alpha value is -16.9.